The van der Waals surface area contributed by atoms with Crippen LogP contribution in [0.25, 0.3) is 0 Å². The summed E-state index contributed by atoms with van der Waals surface area (Å²) in [6.45, 7) is 1.89. The molecule has 3 aromatic rings. The average Bonchev–Trinajstić information content (AvgIpc) is 2.69. The molecule has 5 nitrogen and oxygen atoms in total. The molecule has 0 aromatic heterocycles. The lowest BCUT2D eigenvalue weighted by Gasteiger charge is -2.09. The van der Waals surface area contributed by atoms with Gasteiger partial charge in [0.25, 0.3) is 10.0 Å². The van der Waals surface area contributed by atoms with Crippen LogP contribution in [0.3, 0.4) is 0 Å². The van der Waals surface area contributed by atoms with E-state index in [2.05, 4.69) is 10.0 Å². The number of carbonyl (C=O) groups is 1. The van der Waals surface area contributed by atoms with Gasteiger partial charge in [0.15, 0.2) is 0 Å². The van der Waals surface area contributed by atoms with Crippen LogP contribution < -0.4 is 10.0 Å². The number of benzene rings is 3. The number of halogens is 1. The summed E-state index contributed by atoms with van der Waals surface area (Å²) >= 11 is 1.31. The Labute approximate surface area is 173 Å². The zero-order valence-electron chi connectivity index (χ0n) is 15.6. The second-order valence-electron chi connectivity index (χ2n) is 6.29. The van der Waals surface area contributed by atoms with Gasteiger partial charge in [0, 0.05) is 16.3 Å². The minimum Gasteiger partial charge on any atom is -0.325 e. The van der Waals surface area contributed by atoms with Gasteiger partial charge in [0.1, 0.15) is 5.82 Å². The van der Waals surface area contributed by atoms with Gasteiger partial charge >= 0.3 is 0 Å². The average molecular weight is 431 g/mol. The summed E-state index contributed by atoms with van der Waals surface area (Å²) in [7, 11) is -3.65. The molecule has 2 N–H and O–H groups in total. The fourth-order valence-electron chi connectivity index (χ4n) is 2.43. The van der Waals surface area contributed by atoms with Gasteiger partial charge < -0.3 is 5.32 Å². The first-order valence-electron chi connectivity index (χ1n) is 8.70. The minimum atomic E-state index is -3.65. The molecule has 1 amide bonds. The summed E-state index contributed by atoms with van der Waals surface area (Å²) in [5.41, 5.74) is 1.94. The molecular weight excluding hydrogens is 411 g/mol. The molecule has 0 saturated carbocycles. The maximum absolute atomic E-state index is 12.9. The zero-order chi connectivity index (χ0) is 20.9. The molecular formula is C21H19FN2O3S2. The van der Waals surface area contributed by atoms with E-state index in [1.165, 1.54) is 36.0 Å². The molecule has 8 heteroatoms. The molecule has 0 fully saturated rings. The molecule has 0 aliphatic carbocycles. The molecule has 0 radical (unpaired) electrons. The van der Waals surface area contributed by atoms with Crippen LogP contribution in [0.15, 0.2) is 82.6 Å². The van der Waals surface area contributed by atoms with Gasteiger partial charge in [-0.25, -0.2) is 12.8 Å². The first-order chi connectivity index (χ1) is 13.8. The van der Waals surface area contributed by atoms with Crippen molar-refractivity contribution in [3.8, 4) is 0 Å². The third-order valence-electron chi connectivity index (χ3n) is 3.94. The number of carbonyl (C=O) groups excluding carboxylic acids is 1. The summed E-state index contributed by atoms with van der Waals surface area (Å²) < 4.78 is 40.2. The first-order valence-corrected chi connectivity index (χ1v) is 11.2. The van der Waals surface area contributed by atoms with Gasteiger partial charge in [-0.15, -0.1) is 11.8 Å². The molecule has 0 saturated heterocycles. The highest BCUT2D eigenvalue weighted by Gasteiger charge is 2.13. The number of aryl methyl sites for hydroxylation is 1. The normalized spacial score (nSPS) is 11.1. The lowest BCUT2D eigenvalue weighted by molar-refractivity contribution is -0.113. The second-order valence-corrected chi connectivity index (χ2v) is 9.02. The van der Waals surface area contributed by atoms with Crippen molar-refractivity contribution in [1.82, 2.24) is 0 Å². The molecule has 0 heterocycles. The highest BCUT2D eigenvalue weighted by Crippen LogP contribution is 2.22. The van der Waals surface area contributed by atoms with Crippen LogP contribution in [0, 0.1) is 12.7 Å². The number of nitrogens with one attached hydrogen (secondary N) is 2. The molecule has 150 valence electrons. The number of amides is 1. The van der Waals surface area contributed by atoms with Gasteiger partial charge in [0.2, 0.25) is 5.91 Å². The van der Waals surface area contributed by atoms with Crippen LogP contribution >= 0.6 is 11.8 Å². The Morgan fingerprint density at radius 1 is 0.897 bits per heavy atom. The van der Waals surface area contributed by atoms with Crippen molar-refractivity contribution >= 4 is 39.1 Å². The Bertz CT molecular complexity index is 1080. The topological polar surface area (TPSA) is 75.3 Å². The van der Waals surface area contributed by atoms with Crippen molar-refractivity contribution in [3.05, 3.63) is 84.2 Å². The summed E-state index contributed by atoms with van der Waals surface area (Å²) in [5.74, 6) is -0.410. The molecule has 3 rings (SSSR count). The molecule has 0 unspecified atom stereocenters. The summed E-state index contributed by atoms with van der Waals surface area (Å²) in [5, 5.41) is 2.69. The fraction of sp³-hybridized carbons (Fsp3) is 0.0952. The lowest BCUT2D eigenvalue weighted by Crippen LogP contribution is -2.14. The SMILES string of the molecule is Cc1ccc(S(=O)(=O)Nc2ccc(SCC(=O)Nc3ccc(F)cc3)cc2)cc1. The van der Waals surface area contributed by atoms with Gasteiger partial charge in [-0.3, -0.25) is 9.52 Å². The van der Waals surface area contributed by atoms with E-state index in [1.54, 1.807) is 48.5 Å². The molecule has 3 aromatic carbocycles. The number of anilines is 2. The van der Waals surface area contributed by atoms with Crippen LogP contribution in [0.5, 0.6) is 0 Å². The van der Waals surface area contributed by atoms with Crippen molar-refractivity contribution in [2.45, 2.75) is 16.7 Å². The number of rotatable bonds is 7. The van der Waals surface area contributed by atoms with Crippen LogP contribution in [-0.4, -0.2) is 20.1 Å². The predicted octanol–water partition coefficient (Wildman–Crippen LogP) is 4.67. The highest BCUT2D eigenvalue weighted by atomic mass is 32.2. The van der Waals surface area contributed by atoms with Crippen molar-refractivity contribution in [2.24, 2.45) is 0 Å². The Kier molecular flexibility index (Phi) is 6.56. The van der Waals surface area contributed by atoms with Gasteiger partial charge in [-0.1, -0.05) is 17.7 Å². The summed E-state index contributed by atoms with van der Waals surface area (Å²) in [6.07, 6.45) is 0. The summed E-state index contributed by atoms with van der Waals surface area (Å²) in [6, 6.07) is 18.9. The van der Waals surface area contributed by atoms with E-state index in [4.69, 9.17) is 0 Å². The van der Waals surface area contributed by atoms with Gasteiger partial charge in [0.05, 0.1) is 10.6 Å². The van der Waals surface area contributed by atoms with Crippen molar-refractivity contribution < 1.29 is 17.6 Å². The van der Waals surface area contributed by atoms with E-state index >= 15 is 0 Å². The second kappa shape index (κ2) is 9.11. The zero-order valence-corrected chi connectivity index (χ0v) is 17.2. The lowest BCUT2D eigenvalue weighted by atomic mass is 10.2. The summed E-state index contributed by atoms with van der Waals surface area (Å²) in [4.78, 5) is 13.0. The quantitative estimate of drug-likeness (QED) is 0.535. The molecule has 29 heavy (non-hydrogen) atoms. The molecule has 0 atom stereocenters. The molecule has 0 aliphatic rings. The monoisotopic (exact) mass is 430 g/mol. The number of hydrogen-bond donors (Lipinski definition) is 2. The maximum atomic E-state index is 12.9. The Morgan fingerprint density at radius 2 is 1.48 bits per heavy atom. The largest absolute Gasteiger partial charge is 0.325 e. The number of sulfonamides is 1. The van der Waals surface area contributed by atoms with Crippen molar-refractivity contribution in [1.29, 1.82) is 0 Å². The standard InChI is InChI=1S/C21H19FN2O3S2/c1-15-2-12-20(13-3-15)29(26,27)24-18-8-10-19(11-9-18)28-14-21(25)23-17-6-4-16(22)5-7-17/h2-13,24H,14H2,1H3,(H,23,25). The van der Waals surface area contributed by atoms with Crippen LogP contribution in [-0.2, 0) is 14.8 Å². The maximum Gasteiger partial charge on any atom is 0.261 e. The first kappa shape index (κ1) is 20.9. The van der Waals surface area contributed by atoms with Crippen LogP contribution in [0.1, 0.15) is 5.56 Å². The van der Waals surface area contributed by atoms with E-state index in [0.717, 1.165) is 10.5 Å². The van der Waals surface area contributed by atoms with E-state index in [1.807, 2.05) is 6.92 Å². The molecule has 0 aliphatic heterocycles. The Morgan fingerprint density at radius 3 is 2.10 bits per heavy atom. The van der Waals surface area contributed by atoms with E-state index < -0.39 is 10.0 Å². The predicted molar refractivity (Wildman–Crippen MR) is 114 cm³/mol. The van der Waals surface area contributed by atoms with Crippen molar-refractivity contribution in [3.63, 3.8) is 0 Å². The minimum absolute atomic E-state index is 0.172. The highest BCUT2D eigenvalue weighted by molar-refractivity contribution is 8.00. The number of hydrogen-bond acceptors (Lipinski definition) is 4. The Hall–Kier alpha value is -2.84. The van der Waals surface area contributed by atoms with Crippen LogP contribution in [0.4, 0.5) is 15.8 Å². The van der Waals surface area contributed by atoms with E-state index in [0.29, 0.717) is 11.4 Å². The smallest absolute Gasteiger partial charge is 0.261 e. The fourth-order valence-corrected chi connectivity index (χ4v) is 4.19. The third-order valence-corrected chi connectivity index (χ3v) is 6.34. The van der Waals surface area contributed by atoms with Gasteiger partial charge in [-0.2, -0.15) is 0 Å². The third kappa shape index (κ3) is 6.07. The van der Waals surface area contributed by atoms with E-state index in [-0.39, 0.29) is 22.4 Å². The molecule has 0 spiro atoms. The van der Waals surface area contributed by atoms with Crippen molar-refractivity contribution in [2.75, 3.05) is 15.8 Å². The number of thioether (sulfide) groups is 1. The van der Waals surface area contributed by atoms with Crippen LogP contribution in [0.2, 0.25) is 0 Å². The van der Waals surface area contributed by atoms with E-state index in [9.17, 15) is 17.6 Å². The van der Waals surface area contributed by atoms with Gasteiger partial charge in [-0.05, 0) is 67.6 Å². The molecule has 0 bridgehead atoms. The Balaban J connectivity index is 1.55.